The van der Waals surface area contributed by atoms with E-state index in [9.17, 15) is 9.59 Å². The molecule has 28 heavy (non-hydrogen) atoms. The van der Waals surface area contributed by atoms with Crippen LogP contribution in [0.25, 0.3) is 0 Å². The summed E-state index contributed by atoms with van der Waals surface area (Å²) in [5.41, 5.74) is 0.364. The molecule has 1 N–H and O–H groups in total. The van der Waals surface area contributed by atoms with Gasteiger partial charge in [0.05, 0.1) is 11.9 Å². The van der Waals surface area contributed by atoms with Crippen LogP contribution in [-0.2, 0) is 9.59 Å². The summed E-state index contributed by atoms with van der Waals surface area (Å²) in [6.07, 6.45) is 3.16. The fourth-order valence-corrected chi connectivity index (χ4v) is 3.75. The summed E-state index contributed by atoms with van der Waals surface area (Å²) in [7, 11) is 2.13. The van der Waals surface area contributed by atoms with Gasteiger partial charge in [-0.3, -0.25) is 9.59 Å². The fourth-order valence-electron chi connectivity index (χ4n) is 3.75. The molecule has 7 heteroatoms. The van der Waals surface area contributed by atoms with E-state index in [4.69, 9.17) is 0 Å². The van der Waals surface area contributed by atoms with Crippen molar-refractivity contribution in [1.82, 2.24) is 14.8 Å². The van der Waals surface area contributed by atoms with Gasteiger partial charge < -0.3 is 20.0 Å². The molecule has 0 bridgehead atoms. The van der Waals surface area contributed by atoms with Crippen molar-refractivity contribution < 1.29 is 9.59 Å². The lowest BCUT2D eigenvalue weighted by molar-refractivity contribution is -0.142. The molecule has 1 aromatic rings. The second-order valence-electron chi connectivity index (χ2n) is 9.00. The lowest BCUT2D eigenvalue weighted by Crippen LogP contribution is -2.45. The first-order chi connectivity index (χ1) is 13.2. The molecule has 0 aromatic carbocycles. The molecule has 2 aliphatic heterocycles. The van der Waals surface area contributed by atoms with Gasteiger partial charge in [0.15, 0.2) is 0 Å². The van der Waals surface area contributed by atoms with Crippen molar-refractivity contribution in [2.45, 2.75) is 33.6 Å². The molecule has 0 aliphatic carbocycles. The second-order valence-corrected chi connectivity index (χ2v) is 9.00. The molecule has 2 saturated heterocycles. The summed E-state index contributed by atoms with van der Waals surface area (Å²) in [5, 5.41) is 2.99. The Morgan fingerprint density at radius 1 is 1.04 bits per heavy atom. The number of anilines is 2. The first kappa shape index (κ1) is 20.6. The molecule has 2 fully saturated rings. The Kier molecular flexibility index (Phi) is 6.23. The average molecular weight is 388 g/mol. The van der Waals surface area contributed by atoms with Gasteiger partial charge in [-0.1, -0.05) is 20.8 Å². The minimum absolute atomic E-state index is 0.0250. The van der Waals surface area contributed by atoms with E-state index in [2.05, 4.69) is 27.1 Å². The van der Waals surface area contributed by atoms with Crippen LogP contribution in [0.3, 0.4) is 0 Å². The highest BCUT2D eigenvalue weighted by molar-refractivity contribution is 5.92. The zero-order valence-electron chi connectivity index (χ0n) is 17.6. The number of hydrogen-bond acceptors (Lipinski definition) is 5. The van der Waals surface area contributed by atoms with Crippen molar-refractivity contribution in [3.05, 3.63) is 18.3 Å². The van der Waals surface area contributed by atoms with E-state index in [0.29, 0.717) is 25.9 Å². The van der Waals surface area contributed by atoms with Crippen molar-refractivity contribution in [3.63, 3.8) is 0 Å². The SMILES string of the molecule is CN1CCN(c2ccc(NC(=O)C3CCN(C(=O)C(C)(C)C)CC3)cn2)CC1. The lowest BCUT2D eigenvalue weighted by Gasteiger charge is -2.35. The highest BCUT2D eigenvalue weighted by Crippen LogP contribution is 2.25. The molecule has 154 valence electrons. The molecule has 1 aromatic heterocycles. The van der Waals surface area contributed by atoms with E-state index < -0.39 is 0 Å². The van der Waals surface area contributed by atoms with Gasteiger partial charge in [0.2, 0.25) is 11.8 Å². The van der Waals surface area contributed by atoms with Crippen LogP contribution in [-0.4, -0.2) is 72.9 Å². The average Bonchev–Trinajstić information content (AvgIpc) is 2.68. The van der Waals surface area contributed by atoms with Gasteiger partial charge >= 0.3 is 0 Å². The molecule has 3 heterocycles. The maximum Gasteiger partial charge on any atom is 0.227 e. The van der Waals surface area contributed by atoms with Crippen molar-refractivity contribution in [1.29, 1.82) is 0 Å². The van der Waals surface area contributed by atoms with Gasteiger partial charge in [0.25, 0.3) is 0 Å². The van der Waals surface area contributed by atoms with Gasteiger partial charge in [0, 0.05) is 50.6 Å². The third-order valence-electron chi connectivity index (χ3n) is 5.64. The predicted molar refractivity (Wildman–Crippen MR) is 111 cm³/mol. The molecular weight excluding hydrogens is 354 g/mol. The Morgan fingerprint density at radius 2 is 1.68 bits per heavy atom. The normalized spacial score (nSPS) is 19.6. The van der Waals surface area contributed by atoms with Crippen LogP contribution in [0.4, 0.5) is 11.5 Å². The second kappa shape index (κ2) is 8.47. The Morgan fingerprint density at radius 3 is 2.21 bits per heavy atom. The van der Waals surface area contributed by atoms with E-state index >= 15 is 0 Å². The molecule has 2 amide bonds. The number of likely N-dealkylation sites (N-methyl/N-ethyl adjacent to an activating group) is 1. The van der Waals surface area contributed by atoms with Crippen LogP contribution in [0.15, 0.2) is 18.3 Å². The zero-order valence-corrected chi connectivity index (χ0v) is 17.6. The van der Waals surface area contributed by atoms with Gasteiger partial charge in [-0.2, -0.15) is 0 Å². The van der Waals surface area contributed by atoms with Crippen LogP contribution in [0.2, 0.25) is 0 Å². The number of hydrogen-bond donors (Lipinski definition) is 1. The standard InChI is InChI=1S/C21H33N5O2/c1-21(2,3)20(28)26-9-7-16(8-10-26)19(27)23-17-5-6-18(22-15-17)25-13-11-24(4)12-14-25/h5-6,15-16H,7-14H2,1-4H3,(H,23,27). The number of aromatic nitrogens is 1. The van der Waals surface area contributed by atoms with Crippen LogP contribution < -0.4 is 10.2 Å². The summed E-state index contributed by atoms with van der Waals surface area (Å²) >= 11 is 0. The van der Waals surface area contributed by atoms with Crippen molar-refractivity contribution in [2.75, 3.05) is 56.5 Å². The van der Waals surface area contributed by atoms with Gasteiger partial charge in [0.1, 0.15) is 5.82 Å². The molecule has 0 radical (unpaired) electrons. The Labute approximate surface area is 168 Å². The summed E-state index contributed by atoms with van der Waals surface area (Å²) in [5.74, 6) is 1.09. The predicted octanol–water partition coefficient (Wildman–Crippen LogP) is 2.06. The first-order valence-corrected chi connectivity index (χ1v) is 10.2. The molecule has 2 aliphatic rings. The molecule has 0 spiro atoms. The van der Waals surface area contributed by atoms with Crippen LogP contribution in [0.5, 0.6) is 0 Å². The topological polar surface area (TPSA) is 68.8 Å². The van der Waals surface area contributed by atoms with E-state index in [1.54, 1.807) is 6.20 Å². The molecule has 3 rings (SSSR count). The minimum Gasteiger partial charge on any atom is -0.354 e. The molecule has 7 nitrogen and oxygen atoms in total. The van der Waals surface area contributed by atoms with Crippen LogP contribution in [0, 0.1) is 11.3 Å². The van der Waals surface area contributed by atoms with Gasteiger partial charge in [-0.15, -0.1) is 0 Å². The van der Waals surface area contributed by atoms with Crippen molar-refractivity contribution >= 4 is 23.3 Å². The van der Waals surface area contributed by atoms with E-state index in [-0.39, 0.29) is 23.1 Å². The Balaban J connectivity index is 1.49. The zero-order chi connectivity index (χ0) is 20.3. The Hall–Kier alpha value is -2.15. The molecule has 0 saturated carbocycles. The summed E-state index contributed by atoms with van der Waals surface area (Å²) < 4.78 is 0. The number of nitrogens with one attached hydrogen (secondary N) is 1. The summed E-state index contributed by atoms with van der Waals surface area (Å²) in [6.45, 7) is 11.1. The number of carbonyl (C=O) groups excluding carboxylic acids is 2. The van der Waals surface area contributed by atoms with E-state index in [0.717, 1.165) is 37.7 Å². The highest BCUT2D eigenvalue weighted by Gasteiger charge is 2.32. The molecule has 0 atom stereocenters. The summed E-state index contributed by atoms with van der Waals surface area (Å²) in [4.78, 5) is 36.0. The van der Waals surface area contributed by atoms with Crippen LogP contribution >= 0.6 is 0 Å². The van der Waals surface area contributed by atoms with E-state index in [1.807, 2.05) is 37.8 Å². The maximum absolute atomic E-state index is 12.6. The number of likely N-dealkylation sites (tertiary alicyclic amines) is 1. The van der Waals surface area contributed by atoms with Gasteiger partial charge in [-0.25, -0.2) is 4.98 Å². The van der Waals surface area contributed by atoms with Crippen molar-refractivity contribution in [2.24, 2.45) is 11.3 Å². The number of pyridine rings is 1. The number of amides is 2. The smallest absolute Gasteiger partial charge is 0.227 e. The molecule has 0 unspecified atom stereocenters. The monoisotopic (exact) mass is 387 g/mol. The van der Waals surface area contributed by atoms with E-state index in [1.165, 1.54) is 0 Å². The first-order valence-electron chi connectivity index (χ1n) is 10.2. The number of carbonyl (C=O) groups is 2. The minimum atomic E-state index is -0.369. The summed E-state index contributed by atoms with van der Waals surface area (Å²) in [6, 6.07) is 3.91. The number of nitrogens with zero attached hydrogens (tertiary/aromatic N) is 4. The number of rotatable bonds is 3. The largest absolute Gasteiger partial charge is 0.354 e. The maximum atomic E-state index is 12.6. The quantitative estimate of drug-likeness (QED) is 0.860. The third-order valence-corrected chi connectivity index (χ3v) is 5.64. The van der Waals surface area contributed by atoms with Gasteiger partial charge in [-0.05, 0) is 32.0 Å². The Bertz CT molecular complexity index is 682. The lowest BCUT2D eigenvalue weighted by atomic mass is 9.90. The van der Waals surface area contributed by atoms with Crippen molar-refractivity contribution in [3.8, 4) is 0 Å². The van der Waals surface area contributed by atoms with Crippen LogP contribution in [0.1, 0.15) is 33.6 Å². The highest BCUT2D eigenvalue weighted by atomic mass is 16.2. The third kappa shape index (κ3) is 5.01. The molecular formula is C21H33N5O2. The fraction of sp³-hybridized carbons (Fsp3) is 0.667. The number of piperazine rings is 1. The number of piperidine rings is 1.